The summed E-state index contributed by atoms with van der Waals surface area (Å²) in [5, 5.41) is 13.0. The highest BCUT2D eigenvalue weighted by Gasteiger charge is 2.31. The van der Waals surface area contributed by atoms with E-state index < -0.39 is 6.10 Å². The van der Waals surface area contributed by atoms with Crippen molar-refractivity contribution < 1.29 is 14.4 Å². The molecular formula is C13H12N2O3. The Labute approximate surface area is 104 Å². The van der Waals surface area contributed by atoms with Gasteiger partial charge in [0.2, 0.25) is 5.76 Å². The standard InChI is InChI=1S/C13H12N2O3/c16-10-7-15(8-10)13(17)12-6-11(14-18-12)9-4-2-1-3-5-9/h1-6,10,16H,7-8H2. The Bertz CT molecular complexity index is 559. The Kier molecular flexibility index (Phi) is 2.60. The van der Waals surface area contributed by atoms with Gasteiger partial charge in [0.15, 0.2) is 0 Å². The molecule has 0 aliphatic carbocycles. The molecule has 0 unspecified atom stereocenters. The lowest BCUT2D eigenvalue weighted by molar-refractivity contribution is 0.00342. The Hall–Kier alpha value is -2.14. The molecule has 1 aromatic carbocycles. The Balaban J connectivity index is 1.80. The summed E-state index contributed by atoms with van der Waals surface area (Å²) in [6.45, 7) is 0.723. The Morgan fingerprint density at radius 2 is 2.06 bits per heavy atom. The number of benzene rings is 1. The number of aromatic nitrogens is 1. The molecule has 92 valence electrons. The average molecular weight is 244 g/mol. The molecule has 0 spiro atoms. The summed E-state index contributed by atoms with van der Waals surface area (Å²) in [4.78, 5) is 13.4. The summed E-state index contributed by atoms with van der Waals surface area (Å²) >= 11 is 0. The highest BCUT2D eigenvalue weighted by atomic mass is 16.5. The van der Waals surface area contributed by atoms with Crippen molar-refractivity contribution in [2.75, 3.05) is 13.1 Å². The molecule has 0 radical (unpaired) electrons. The fourth-order valence-corrected chi connectivity index (χ4v) is 1.90. The van der Waals surface area contributed by atoms with Crippen molar-refractivity contribution in [3.05, 3.63) is 42.2 Å². The van der Waals surface area contributed by atoms with Gasteiger partial charge >= 0.3 is 0 Å². The first-order chi connectivity index (χ1) is 8.74. The van der Waals surface area contributed by atoms with E-state index in [1.807, 2.05) is 30.3 Å². The van der Waals surface area contributed by atoms with Gasteiger partial charge in [-0.2, -0.15) is 0 Å². The normalized spacial score (nSPS) is 15.5. The molecule has 0 bridgehead atoms. The highest BCUT2D eigenvalue weighted by Crippen LogP contribution is 2.20. The average Bonchev–Trinajstić information content (AvgIpc) is 2.85. The van der Waals surface area contributed by atoms with E-state index in [1.165, 1.54) is 4.90 Å². The zero-order chi connectivity index (χ0) is 12.5. The zero-order valence-electron chi connectivity index (χ0n) is 9.61. The molecule has 1 N–H and O–H groups in total. The van der Waals surface area contributed by atoms with Crippen LogP contribution < -0.4 is 0 Å². The minimum atomic E-state index is -0.412. The first kappa shape index (κ1) is 11.0. The van der Waals surface area contributed by atoms with Gasteiger partial charge < -0.3 is 14.5 Å². The van der Waals surface area contributed by atoms with E-state index in [0.29, 0.717) is 18.8 Å². The van der Waals surface area contributed by atoms with Gasteiger partial charge in [0.1, 0.15) is 5.69 Å². The largest absolute Gasteiger partial charge is 0.389 e. The SMILES string of the molecule is O=C(c1cc(-c2ccccc2)no1)N1CC(O)C1. The molecule has 1 aliphatic heterocycles. The number of β-amino-alcohol motifs (C(OH)–C–C–N with tert-alkyl or cyclic N) is 1. The number of hydrogen-bond donors (Lipinski definition) is 1. The lowest BCUT2D eigenvalue weighted by Gasteiger charge is -2.34. The molecule has 2 heterocycles. The van der Waals surface area contributed by atoms with E-state index in [1.54, 1.807) is 6.07 Å². The van der Waals surface area contributed by atoms with Gasteiger partial charge in [-0.15, -0.1) is 0 Å². The summed E-state index contributed by atoms with van der Waals surface area (Å²) in [6, 6.07) is 11.1. The highest BCUT2D eigenvalue weighted by molar-refractivity contribution is 5.93. The van der Waals surface area contributed by atoms with Crippen LogP contribution in [0.1, 0.15) is 10.6 Å². The van der Waals surface area contributed by atoms with Gasteiger partial charge in [0.05, 0.1) is 6.10 Å². The summed E-state index contributed by atoms with van der Waals surface area (Å²) < 4.78 is 5.05. The van der Waals surface area contributed by atoms with Gasteiger partial charge in [0.25, 0.3) is 5.91 Å². The molecule has 1 fully saturated rings. The smallest absolute Gasteiger partial charge is 0.292 e. The summed E-state index contributed by atoms with van der Waals surface area (Å²) in [5.74, 6) is -0.0178. The van der Waals surface area contributed by atoms with Crippen LogP contribution in [0.15, 0.2) is 40.9 Å². The third-order valence-corrected chi connectivity index (χ3v) is 2.94. The van der Waals surface area contributed by atoms with E-state index in [4.69, 9.17) is 9.63 Å². The number of nitrogens with zero attached hydrogens (tertiary/aromatic N) is 2. The zero-order valence-corrected chi connectivity index (χ0v) is 9.61. The number of rotatable bonds is 2. The predicted molar refractivity (Wildman–Crippen MR) is 63.8 cm³/mol. The van der Waals surface area contributed by atoms with Crippen molar-refractivity contribution in [1.29, 1.82) is 0 Å². The van der Waals surface area contributed by atoms with E-state index >= 15 is 0 Å². The van der Waals surface area contributed by atoms with Crippen LogP contribution in [0.5, 0.6) is 0 Å². The van der Waals surface area contributed by atoms with Gasteiger partial charge in [-0.05, 0) is 0 Å². The minimum absolute atomic E-state index is 0.209. The summed E-state index contributed by atoms with van der Waals surface area (Å²) in [7, 11) is 0. The number of hydrogen-bond acceptors (Lipinski definition) is 4. The van der Waals surface area contributed by atoms with Crippen molar-refractivity contribution in [3.8, 4) is 11.3 Å². The number of amides is 1. The monoisotopic (exact) mass is 244 g/mol. The van der Waals surface area contributed by atoms with Crippen LogP contribution in [-0.4, -0.2) is 40.3 Å². The van der Waals surface area contributed by atoms with Gasteiger partial charge in [-0.25, -0.2) is 0 Å². The van der Waals surface area contributed by atoms with E-state index in [-0.39, 0.29) is 11.7 Å². The van der Waals surface area contributed by atoms with Gasteiger partial charge in [0, 0.05) is 24.7 Å². The lowest BCUT2D eigenvalue weighted by Crippen LogP contribution is -2.53. The fraction of sp³-hybridized carbons (Fsp3) is 0.231. The van der Waals surface area contributed by atoms with Crippen molar-refractivity contribution in [3.63, 3.8) is 0 Å². The third kappa shape index (κ3) is 1.89. The van der Waals surface area contributed by atoms with Crippen LogP contribution in [0, 0.1) is 0 Å². The number of carbonyl (C=O) groups excluding carboxylic acids is 1. The second kappa shape index (κ2) is 4.27. The lowest BCUT2D eigenvalue weighted by atomic mass is 10.1. The second-order valence-corrected chi connectivity index (χ2v) is 4.31. The molecule has 5 nitrogen and oxygen atoms in total. The van der Waals surface area contributed by atoms with Crippen LogP contribution in [0.25, 0.3) is 11.3 Å². The van der Waals surface area contributed by atoms with E-state index in [9.17, 15) is 4.79 Å². The Morgan fingerprint density at radius 3 is 2.72 bits per heavy atom. The second-order valence-electron chi connectivity index (χ2n) is 4.31. The predicted octanol–water partition coefficient (Wildman–Crippen LogP) is 1.16. The van der Waals surface area contributed by atoms with Crippen LogP contribution in [0.2, 0.25) is 0 Å². The van der Waals surface area contributed by atoms with Crippen molar-refractivity contribution >= 4 is 5.91 Å². The molecule has 0 saturated carbocycles. The van der Waals surface area contributed by atoms with Gasteiger partial charge in [-0.3, -0.25) is 4.79 Å². The molecule has 5 heteroatoms. The number of aliphatic hydroxyl groups excluding tert-OH is 1. The maximum Gasteiger partial charge on any atom is 0.292 e. The first-order valence-electron chi connectivity index (χ1n) is 5.73. The van der Waals surface area contributed by atoms with Crippen molar-refractivity contribution in [2.45, 2.75) is 6.10 Å². The maximum absolute atomic E-state index is 11.9. The number of carbonyl (C=O) groups is 1. The van der Waals surface area contributed by atoms with Crippen molar-refractivity contribution in [2.24, 2.45) is 0 Å². The summed E-state index contributed by atoms with van der Waals surface area (Å²) in [6.07, 6.45) is -0.412. The topological polar surface area (TPSA) is 66.6 Å². The van der Waals surface area contributed by atoms with Crippen LogP contribution in [-0.2, 0) is 0 Å². The molecule has 1 amide bonds. The molecule has 1 aliphatic rings. The quantitative estimate of drug-likeness (QED) is 0.860. The van der Waals surface area contributed by atoms with Crippen LogP contribution in [0.3, 0.4) is 0 Å². The van der Waals surface area contributed by atoms with E-state index in [0.717, 1.165) is 5.56 Å². The molecule has 0 atom stereocenters. The van der Waals surface area contributed by atoms with Crippen LogP contribution in [0.4, 0.5) is 0 Å². The molecule has 1 saturated heterocycles. The van der Waals surface area contributed by atoms with Crippen LogP contribution >= 0.6 is 0 Å². The molecule has 18 heavy (non-hydrogen) atoms. The fourth-order valence-electron chi connectivity index (χ4n) is 1.90. The Morgan fingerprint density at radius 1 is 1.33 bits per heavy atom. The minimum Gasteiger partial charge on any atom is -0.389 e. The molecule has 2 aromatic rings. The molecule has 1 aromatic heterocycles. The molecular weight excluding hydrogens is 232 g/mol. The number of likely N-dealkylation sites (tertiary alicyclic amines) is 1. The third-order valence-electron chi connectivity index (χ3n) is 2.94. The van der Waals surface area contributed by atoms with Crippen molar-refractivity contribution in [1.82, 2.24) is 10.1 Å². The molecule has 3 rings (SSSR count). The van der Waals surface area contributed by atoms with Gasteiger partial charge in [-0.1, -0.05) is 35.5 Å². The number of aliphatic hydroxyl groups is 1. The first-order valence-corrected chi connectivity index (χ1v) is 5.73. The van der Waals surface area contributed by atoms with E-state index in [2.05, 4.69) is 5.16 Å². The maximum atomic E-state index is 11.9. The summed E-state index contributed by atoms with van der Waals surface area (Å²) in [5.41, 5.74) is 1.55.